The molecule has 4 heteroatoms. The van der Waals surface area contributed by atoms with Crippen LogP contribution in [-0.2, 0) is 4.79 Å². The number of carbonyl (C=O) groups is 1. The number of hydrogen-bond acceptors (Lipinski definition) is 2. The molecule has 0 aliphatic heterocycles. The molecule has 1 aromatic carbocycles. The fourth-order valence-corrected chi connectivity index (χ4v) is 2.68. The number of nitrogens with zero attached hydrogens (tertiary/aromatic N) is 1. The average molecular weight is 250 g/mol. The molecule has 0 saturated heterocycles. The zero-order valence-corrected chi connectivity index (χ0v) is 10.6. The summed E-state index contributed by atoms with van der Waals surface area (Å²) in [6, 6.07) is 5.99. The third kappa shape index (κ3) is 2.53. The van der Waals surface area contributed by atoms with Gasteiger partial charge in [-0.05, 0) is 49.6 Å². The van der Waals surface area contributed by atoms with Crippen LogP contribution in [0, 0.1) is 17.7 Å². The van der Waals surface area contributed by atoms with E-state index in [1.807, 2.05) is 0 Å². The van der Waals surface area contributed by atoms with E-state index in [9.17, 15) is 9.18 Å². The fraction of sp³-hybridized carbons (Fsp3) is 0.500. The van der Waals surface area contributed by atoms with Gasteiger partial charge < -0.3 is 10.6 Å². The topological polar surface area (TPSA) is 46.3 Å². The second-order valence-corrected chi connectivity index (χ2v) is 4.91. The first-order chi connectivity index (χ1) is 8.63. The standard InChI is InChI=1S/C14H19FN2O/c1-17(12-7-5-11(15)6-8-12)14(18)13-4-2-3-10(13)9-16/h5-8,10,13H,2-4,9,16H2,1H3. The van der Waals surface area contributed by atoms with Crippen molar-refractivity contribution in [3.05, 3.63) is 30.1 Å². The predicted octanol–water partition coefficient (Wildman–Crippen LogP) is 2.16. The molecule has 98 valence electrons. The number of nitrogens with two attached hydrogens (primary N) is 1. The van der Waals surface area contributed by atoms with E-state index in [2.05, 4.69) is 0 Å². The SMILES string of the molecule is CN(C(=O)C1CCCC1CN)c1ccc(F)cc1. The van der Waals surface area contributed by atoms with E-state index in [-0.39, 0.29) is 17.6 Å². The summed E-state index contributed by atoms with van der Waals surface area (Å²) in [5, 5.41) is 0. The summed E-state index contributed by atoms with van der Waals surface area (Å²) in [5.41, 5.74) is 6.43. The van der Waals surface area contributed by atoms with Crippen LogP contribution in [0.25, 0.3) is 0 Å². The third-order valence-corrected chi connectivity index (χ3v) is 3.82. The van der Waals surface area contributed by atoms with Crippen molar-refractivity contribution < 1.29 is 9.18 Å². The lowest BCUT2D eigenvalue weighted by Gasteiger charge is -2.24. The molecule has 1 fully saturated rings. The molecule has 2 unspecified atom stereocenters. The Morgan fingerprint density at radius 2 is 2.06 bits per heavy atom. The first-order valence-electron chi connectivity index (χ1n) is 6.36. The summed E-state index contributed by atoms with van der Waals surface area (Å²) in [5.74, 6) is 0.111. The molecule has 18 heavy (non-hydrogen) atoms. The summed E-state index contributed by atoms with van der Waals surface area (Å²) in [4.78, 5) is 14.0. The van der Waals surface area contributed by atoms with Crippen molar-refractivity contribution in [2.75, 3.05) is 18.5 Å². The number of rotatable bonds is 3. The Hall–Kier alpha value is -1.42. The van der Waals surface area contributed by atoms with Crippen molar-refractivity contribution in [2.24, 2.45) is 17.6 Å². The highest BCUT2D eigenvalue weighted by Crippen LogP contribution is 2.33. The van der Waals surface area contributed by atoms with Gasteiger partial charge in [-0.3, -0.25) is 4.79 Å². The summed E-state index contributed by atoms with van der Waals surface area (Å²) in [7, 11) is 1.74. The second-order valence-electron chi connectivity index (χ2n) is 4.91. The lowest BCUT2D eigenvalue weighted by molar-refractivity contribution is -0.123. The van der Waals surface area contributed by atoms with Crippen molar-refractivity contribution in [1.82, 2.24) is 0 Å². The quantitative estimate of drug-likeness (QED) is 0.893. The van der Waals surface area contributed by atoms with Crippen LogP contribution in [0.1, 0.15) is 19.3 Å². The van der Waals surface area contributed by atoms with E-state index in [1.165, 1.54) is 12.1 Å². The molecule has 0 bridgehead atoms. The molecule has 1 amide bonds. The second kappa shape index (κ2) is 5.48. The third-order valence-electron chi connectivity index (χ3n) is 3.82. The van der Waals surface area contributed by atoms with Gasteiger partial charge in [0.2, 0.25) is 5.91 Å². The highest BCUT2D eigenvalue weighted by molar-refractivity contribution is 5.94. The summed E-state index contributed by atoms with van der Waals surface area (Å²) >= 11 is 0. The minimum atomic E-state index is -0.291. The van der Waals surface area contributed by atoms with Gasteiger partial charge in [0.25, 0.3) is 0 Å². The van der Waals surface area contributed by atoms with Crippen LogP contribution in [0.3, 0.4) is 0 Å². The lowest BCUT2D eigenvalue weighted by Crippen LogP contribution is -2.36. The van der Waals surface area contributed by atoms with Gasteiger partial charge >= 0.3 is 0 Å². The Morgan fingerprint density at radius 1 is 1.39 bits per heavy atom. The highest BCUT2D eigenvalue weighted by atomic mass is 19.1. The number of amides is 1. The van der Waals surface area contributed by atoms with E-state index in [4.69, 9.17) is 5.73 Å². The molecule has 1 saturated carbocycles. The van der Waals surface area contributed by atoms with E-state index >= 15 is 0 Å². The van der Waals surface area contributed by atoms with Crippen molar-refractivity contribution in [1.29, 1.82) is 0 Å². The van der Waals surface area contributed by atoms with E-state index < -0.39 is 0 Å². The molecule has 2 rings (SSSR count). The Kier molecular flexibility index (Phi) is 3.97. The van der Waals surface area contributed by atoms with Crippen molar-refractivity contribution in [2.45, 2.75) is 19.3 Å². The lowest BCUT2D eigenvalue weighted by atomic mass is 9.94. The van der Waals surface area contributed by atoms with Gasteiger partial charge in [-0.1, -0.05) is 6.42 Å². The van der Waals surface area contributed by atoms with Gasteiger partial charge in [0.15, 0.2) is 0 Å². The van der Waals surface area contributed by atoms with Crippen LogP contribution < -0.4 is 10.6 Å². The summed E-state index contributed by atoms with van der Waals surface area (Å²) < 4.78 is 12.8. The highest BCUT2D eigenvalue weighted by Gasteiger charge is 2.33. The molecule has 0 radical (unpaired) electrons. The minimum Gasteiger partial charge on any atom is -0.330 e. The van der Waals surface area contributed by atoms with Gasteiger partial charge in [-0.2, -0.15) is 0 Å². The largest absolute Gasteiger partial charge is 0.330 e. The molecule has 2 atom stereocenters. The maximum absolute atomic E-state index is 12.8. The zero-order valence-electron chi connectivity index (χ0n) is 10.6. The Morgan fingerprint density at radius 3 is 2.67 bits per heavy atom. The average Bonchev–Trinajstić information content (AvgIpc) is 2.86. The van der Waals surface area contributed by atoms with Crippen molar-refractivity contribution in [3.8, 4) is 0 Å². The monoisotopic (exact) mass is 250 g/mol. The van der Waals surface area contributed by atoms with Crippen LogP contribution in [0.5, 0.6) is 0 Å². The molecule has 3 nitrogen and oxygen atoms in total. The normalized spacial score (nSPS) is 23.1. The maximum atomic E-state index is 12.8. The summed E-state index contributed by atoms with van der Waals surface area (Å²) in [6.07, 6.45) is 3.01. The van der Waals surface area contributed by atoms with Crippen LogP contribution in [0.4, 0.5) is 10.1 Å². The van der Waals surface area contributed by atoms with E-state index in [0.29, 0.717) is 12.5 Å². The van der Waals surface area contributed by atoms with Crippen molar-refractivity contribution >= 4 is 11.6 Å². The van der Waals surface area contributed by atoms with Crippen LogP contribution in [-0.4, -0.2) is 19.5 Å². The Labute approximate surface area is 107 Å². The molecule has 0 spiro atoms. The Balaban J connectivity index is 2.11. The number of benzene rings is 1. The van der Waals surface area contributed by atoms with Gasteiger partial charge in [0.05, 0.1) is 0 Å². The number of hydrogen-bond donors (Lipinski definition) is 1. The molecule has 1 aliphatic rings. The maximum Gasteiger partial charge on any atom is 0.230 e. The molecule has 1 aliphatic carbocycles. The summed E-state index contributed by atoms with van der Waals surface area (Å²) in [6.45, 7) is 0.563. The van der Waals surface area contributed by atoms with Gasteiger partial charge in [-0.15, -0.1) is 0 Å². The first-order valence-corrected chi connectivity index (χ1v) is 6.36. The molecule has 1 aromatic rings. The molecular weight excluding hydrogens is 231 g/mol. The van der Waals surface area contributed by atoms with Gasteiger partial charge in [0.1, 0.15) is 5.82 Å². The van der Waals surface area contributed by atoms with E-state index in [1.54, 1.807) is 24.1 Å². The zero-order chi connectivity index (χ0) is 13.1. The van der Waals surface area contributed by atoms with Crippen LogP contribution in [0.15, 0.2) is 24.3 Å². The predicted molar refractivity (Wildman–Crippen MR) is 69.7 cm³/mol. The minimum absolute atomic E-state index is 0.0186. The Bertz CT molecular complexity index is 418. The van der Waals surface area contributed by atoms with Crippen LogP contribution in [0.2, 0.25) is 0 Å². The van der Waals surface area contributed by atoms with Crippen LogP contribution >= 0.6 is 0 Å². The molecular formula is C14H19FN2O. The van der Waals surface area contributed by atoms with E-state index in [0.717, 1.165) is 24.9 Å². The first kappa shape index (κ1) is 13.0. The van der Waals surface area contributed by atoms with Gasteiger partial charge in [-0.25, -0.2) is 4.39 Å². The molecule has 0 heterocycles. The number of anilines is 1. The smallest absolute Gasteiger partial charge is 0.230 e. The molecule has 0 aromatic heterocycles. The molecule has 2 N–H and O–H groups in total. The fourth-order valence-electron chi connectivity index (χ4n) is 2.68. The van der Waals surface area contributed by atoms with Crippen molar-refractivity contribution in [3.63, 3.8) is 0 Å². The number of carbonyl (C=O) groups excluding carboxylic acids is 1. The number of halogens is 1. The van der Waals surface area contributed by atoms with Gasteiger partial charge in [0, 0.05) is 18.7 Å².